The second-order valence-electron chi connectivity index (χ2n) is 8.43. The third kappa shape index (κ3) is 5.73. The number of carboxylic acids is 1. The molecule has 0 aliphatic carbocycles. The summed E-state index contributed by atoms with van der Waals surface area (Å²) >= 11 is 0. The molecule has 3 aromatic rings. The van der Waals surface area contributed by atoms with Crippen molar-refractivity contribution in [3.05, 3.63) is 95.1 Å². The van der Waals surface area contributed by atoms with Gasteiger partial charge in [-0.1, -0.05) is 18.2 Å². The van der Waals surface area contributed by atoms with Gasteiger partial charge in [-0.15, -0.1) is 12.4 Å². The third-order valence-electron chi connectivity index (χ3n) is 5.91. The summed E-state index contributed by atoms with van der Waals surface area (Å²) in [7, 11) is -4.03. The molecule has 0 saturated carbocycles. The van der Waals surface area contributed by atoms with Gasteiger partial charge in [-0.05, 0) is 60.5 Å². The highest BCUT2D eigenvalue weighted by atomic mass is 35.5. The van der Waals surface area contributed by atoms with Crippen molar-refractivity contribution in [1.82, 2.24) is 4.31 Å². The van der Waals surface area contributed by atoms with E-state index in [4.69, 9.17) is 20.8 Å². The van der Waals surface area contributed by atoms with Gasteiger partial charge in [0.05, 0.1) is 29.6 Å². The first-order valence-corrected chi connectivity index (χ1v) is 12.2. The minimum Gasteiger partial charge on any atom is -0.480 e. The van der Waals surface area contributed by atoms with Crippen LogP contribution in [0, 0.1) is 23.0 Å². The van der Waals surface area contributed by atoms with E-state index in [1.165, 1.54) is 48.5 Å². The van der Waals surface area contributed by atoms with Crippen molar-refractivity contribution >= 4 is 28.4 Å². The van der Waals surface area contributed by atoms with E-state index in [1.54, 1.807) is 6.07 Å². The molecule has 1 heterocycles. The Morgan fingerprint density at radius 2 is 1.78 bits per heavy atom. The number of nitriles is 1. The van der Waals surface area contributed by atoms with E-state index in [2.05, 4.69) is 0 Å². The molecule has 0 radical (unpaired) electrons. The number of hydrogen-bond donors (Lipinski definition) is 2. The maximum atomic E-state index is 14.1. The molecule has 0 amide bonds. The molecule has 1 saturated heterocycles. The summed E-state index contributed by atoms with van der Waals surface area (Å²) < 4.78 is 61.5. The van der Waals surface area contributed by atoms with Gasteiger partial charge in [0, 0.05) is 5.56 Å². The zero-order valence-electron chi connectivity index (χ0n) is 19.2. The van der Waals surface area contributed by atoms with Crippen molar-refractivity contribution in [1.29, 1.82) is 5.26 Å². The number of rotatable bonds is 8. The summed E-state index contributed by atoms with van der Waals surface area (Å²) in [6.07, 6.45) is -0.0563. The van der Waals surface area contributed by atoms with E-state index in [9.17, 15) is 22.0 Å². The maximum absolute atomic E-state index is 14.1. The van der Waals surface area contributed by atoms with Gasteiger partial charge in [-0.25, -0.2) is 17.2 Å². The van der Waals surface area contributed by atoms with Crippen LogP contribution in [0.2, 0.25) is 0 Å². The van der Waals surface area contributed by atoms with E-state index in [1.807, 2.05) is 6.07 Å². The van der Waals surface area contributed by atoms with Crippen LogP contribution in [0.3, 0.4) is 0 Å². The minimum atomic E-state index is -4.03. The molecule has 0 unspecified atom stereocenters. The Morgan fingerprint density at radius 1 is 1.11 bits per heavy atom. The Morgan fingerprint density at radius 3 is 2.38 bits per heavy atom. The standard InChI is InChI=1S/C25H21F2N3O5S.ClH/c26-21-9-6-18(12-22(21)27)25(35-19-7-4-16(13-28)5-8-19)14-30(15-25)36(33,34)20-3-1-2-17(10-20)11-23(29)24(31)32;/h1-10,12,23H,11,14-15,29H2,(H,31,32);1H/t23-;/m0./s1. The molecule has 1 aliphatic rings. The summed E-state index contributed by atoms with van der Waals surface area (Å²) in [6.45, 7) is -0.390. The van der Waals surface area contributed by atoms with Crippen molar-refractivity contribution in [2.24, 2.45) is 5.73 Å². The van der Waals surface area contributed by atoms with Crippen LogP contribution in [0.15, 0.2) is 71.6 Å². The molecule has 1 aliphatic heterocycles. The number of carboxylic acid groups (broad SMARTS) is 1. The zero-order chi connectivity index (χ0) is 26.1. The Bertz CT molecular complexity index is 1460. The highest BCUT2D eigenvalue weighted by Gasteiger charge is 2.52. The number of ether oxygens (including phenoxy) is 1. The predicted octanol–water partition coefficient (Wildman–Crippen LogP) is 3.19. The largest absolute Gasteiger partial charge is 0.480 e. The Kier molecular flexibility index (Phi) is 8.19. The molecule has 0 bridgehead atoms. The second-order valence-corrected chi connectivity index (χ2v) is 10.4. The van der Waals surface area contributed by atoms with Gasteiger partial charge in [0.1, 0.15) is 11.8 Å². The molecule has 12 heteroatoms. The third-order valence-corrected chi connectivity index (χ3v) is 7.70. The van der Waals surface area contributed by atoms with Crippen LogP contribution in [0.1, 0.15) is 16.7 Å². The molecule has 1 fully saturated rings. The van der Waals surface area contributed by atoms with Gasteiger partial charge < -0.3 is 15.6 Å². The molecule has 194 valence electrons. The predicted molar refractivity (Wildman–Crippen MR) is 132 cm³/mol. The number of aliphatic carboxylic acids is 1. The summed E-state index contributed by atoms with van der Waals surface area (Å²) in [5.41, 5.74) is 5.34. The smallest absolute Gasteiger partial charge is 0.320 e. The fourth-order valence-electron chi connectivity index (χ4n) is 3.93. The van der Waals surface area contributed by atoms with Crippen LogP contribution >= 0.6 is 12.4 Å². The number of halogens is 3. The lowest BCUT2D eigenvalue weighted by Gasteiger charge is -2.48. The molecular weight excluding hydrogens is 528 g/mol. The summed E-state index contributed by atoms with van der Waals surface area (Å²) in [6, 6.07) is 16.0. The van der Waals surface area contributed by atoms with Gasteiger partial charge >= 0.3 is 5.97 Å². The molecule has 3 N–H and O–H groups in total. The molecule has 4 rings (SSSR count). The van der Waals surface area contributed by atoms with Crippen molar-refractivity contribution in [2.45, 2.75) is 23.0 Å². The second kappa shape index (κ2) is 10.8. The number of hydrogen-bond acceptors (Lipinski definition) is 6. The average molecular weight is 550 g/mol. The lowest BCUT2D eigenvalue weighted by atomic mass is 9.87. The quantitative estimate of drug-likeness (QED) is 0.441. The number of benzene rings is 3. The molecule has 8 nitrogen and oxygen atoms in total. The minimum absolute atomic E-state index is 0. The van der Waals surface area contributed by atoms with E-state index < -0.39 is 39.3 Å². The van der Waals surface area contributed by atoms with Crippen LogP contribution in [0.25, 0.3) is 0 Å². The first kappa shape index (κ1) is 28.0. The van der Waals surface area contributed by atoms with Crippen LogP contribution in [0.4, 0.5) is 8.78 Å². The number of carbonyl (C=O) groups is 1. The number of nitrogens with zero attached hydrogens (tertiary/aromatic N) is 2. The molecule has 0 aromatic heterocycles. The van der Waals surface area contributed by atoms with Crippen molar-refractivity contribution < 1.29 is 31.8 Å². The normalized spacial score (nSPS) is 15.5. The van der Waals surface area contributed by atoms with Gasteiger partial charge in [0.25, 0.3) is 0 Å². The van der Waals surface area contributed by atoms with Crippen molar-refractivity contribution in [3.63, 3.8) is 0 Å². The molecule has 1 atom stereocenters. The monoisotopic (exact) mass is 549 g/mol. The zero-order valence-corrected chi connectivity index (χ0v) is 20.8. The SMILES string of the molecule is Cl.N#Cc1ccc(OC2(c3ccc(F)c(F)c3)CN(S(=O)(=O)c3cccc(C[C@H](N)C(=O)O)c3)C2)cc1. The van der Waals surface area contributed by atoms with Crippen molar-refractivity contribution in [2.75, 3.05) is 13.1 Å². The fraction of sp³-hybridized carbons (Fsp3) is 0.200. The first-order chi connectivity index (χ1) is 17.0. The maximum Gasteiger partial charge on any atom is 0.320 e. The molecule has 0 spiro atoms. The van der Waals surface area contributed by atoms with Crippen LogP contribution < -0.4 is 10.5 Å². The lowest BCUT2D eigenvalue weighted by molar-refractivity contribution is -0.138. The highest BCUT2D eigenvalue weighted by molar-refractivity contribution is 7.89. The van der Waals surface area contributed by atoms with E-state index in [-0.39, 0.29) is 42.4 Å². The summed E-state index contributed by atoms with van der Waals surface area (Å²) in [5, 5.41) is 18.0. The van der Waals surface area contributed by atoms with Gasteiger partial charge in [0.2, 0.25) is 10.0 Å². The topological polar surface area (TPSA) is 134 Å². The lowest BCUT2D eigenvalue weighted by Crippen LogP contribution is -2.64. The Hall–Kier alpha value is -3.56. The first-order valence-electron chi connectivity index (χ1n) is 10.8. The Balaban J connectivity index is 0.00000380. The van der Waals surface area contributed by atoms with Gasteiger partial charge in [0.15, 0.2) is 17.2 Å². The Labute approximate surface area is 218 Å². The molecular formula is C25H22ClF2N3O5S. The van der Waals surface area contributed by atoms with Gasteiger partial charge in [-0.3, -0.25) is 4.79 Å². The molecule has 37 heavy (non-hydrogen) atoms. The van der Waals surface area contributed by atoms with Crippen molar-refractivity contribution in [3.8, 4) is 11.8 Å². The summed E-state index contributed by atoms with van der Waals surface area (Å²) in [5.74, 6) is -3.03. The number of nitrogens with two attached hydrogens (primary N) is 1. The van der Waals surface area contributed by atoms with Gasteiger partial charge in [-0.2, -0.15) is 9.57 Å². The average Bonchev–Trinajstić information content (AvgIpc) is 2.83. The van der Waals surface area contributed by atoms with E-state index in [0.717, 1.165) is 16.4 Å². The fourth-order valence-corrected chi connectivity index (χ4v) is 5.53. The molecule has 3 aromatic carbocycles. The summed E-state index contributed by atoms with van der Waals surface area (Å²) in [4.78, 5) is 11.0. The van der Waals surface area contributed by atoms with Crippen LogP contribution in [-0.4, -0.2) is 42.9 Å². The van der Waals surface area contributed by atoms with E-state index in [0.29, 0.717) is 16.9 Å². The number of sulfonamides is 1. The van der Waals surface area contributed by atoms with E-state index >= 15 is 0 Å². The van der Waals surface area contributed by atoms with Crippen LogP contribution in [0.5, 0.6) is 5.75 Å². The van der Waals surface area contributed by atoms with Crippen LogP contribution in [-0.2, 0) is 26.8 Å². The highest BCUT2D eigenvalue weighted by Crippen LogP contribution is 2.40.